The molecule has 0 unspecified atom stereocenters. The summed E-state index contributed by atoms with van der Waals surface area (Å²) in [5.41, 5.74) is 1.81. The van der Waals surface area contributed by atoms with Crippen LogP contribution in [0.15, 0.2) is 78.9 Å². The minimum atomic E-state index is -0.365. The Bertz CT molecular complexity index is 1060. The molecular weight excluding hydrogens is 428 g/mol. The number of carbonyl (C=O) groups excluding carboxylic acids is 2. The predicted molar refractivity (Wildman–Crippen MR) is 135 cm³/mol. The predicted octanol–water partition coefficient (Wildman–Crippen LogP) is 5.34. The summed E-state index contributed by atoms with van der Waals surface area (Å²) in [6.07, 6.45) is 3.78. The van der Waals surface area contributed by atoms with Crippen LogP contribution >= 0.6 is 0 Å². The van der Waals surface area contributed by atoms with Gasteiger partial charge in [-0.15, -0.1) is 0 Å². The fraction of sp³-hybridized carbons (Fsp3) is 0.259. The molecular formula is C27H30N4O3. The number of urea groups is 1. The minimum absolute atomic E-state index is 0.106. The van der Waals surface area contributed by atoms with Crippen LogP contribution in [-0.2, 0) is 0 Å². The summed E-state index contributed by atoms with van der Waals surface area (Å²) in [4.78, 5) is 27.1. The van der Waals surface area contributed by atoms with Crippen LogP contribution in [0.1, 0.15) is 29.6 Å². The number of nitrogens with one attached hydrogen (secondary N) is 3. The molecule has 0 bridgehead atoms. The summed E-state index contributed by atoms with van der Waals surface area (Å²) >= 11 is 0. The molecule has 3 amide bonds. The molecule has 176 valence electrons. The first-order valence-corrected chi connectivity index (χ1v) is 11.7. The second kappa shape index (κ2) is 11.9. The number of nitrogens with zero attached hydrogens (tertiary/aromatic N) is 1. The second-order valence-electron chi connectivity index (χ2n) is 8.25. The van der Waals surface area contributed by atoms with Crippen LogP contribution in [0, 0.1) is 0 Å². The molecule has 3 aromatic rings. The van der Waals surface area contributed by atoms with Gasteiger partial charge in [0.15, 0.2) is 0 Å². The lowest BCUT2D eigenvalue weighted by atomic mass is 10.1. The van der Waals surface area contributed by atoms with Crippen LogP contribution in [0.4, 0.5) is 16.2 Å². The fourth-order valence-corrected chi connectivity index (χ4v) is 3.84. The van der Waals surface area contributed by atoms with Gasteiger partial charge in [-0.25, -0.2) is 4.79 Å². The lowest BCUT2D eigenvalue weighted by Gasteiger charge is -2.26. The summed E-state index contributed by atoms with van der Waals surface area (Å²) < 4.78 is 5.76. The third kappa shape index (κ3) is 7.08. The number of ether oxygens (including phenoxy) is 1. The van der Waals surface area contributed by atoms with Gasteiger partial charge in [0.05, 0.1) is 0 Å². The average Bonchev–Trinajstić information content (AvgIpc) is 2.87. The highest BCUT2D eigenvalue weighted by Crippen LogP contribution is 2.22. The van der Waals surface area contributed by atoms with E-state index in [4.69, 9.17) is 4.74 Å². The van der Waals surface area contributed by atoms with E-state index in [-0.39, 0.29) is 11.9 Å². The molecule has 0 aromatic heterocycles. The first-order chi connectivity index (χ1) is 16.7. The first-order valence-electron chi connectivity index (χ1n) is 11.7. The monoisotopic (exact) mass is 458 g/mol. The summed E-state index contributed by atoms with van der Waals surface area (Å²) in [7, 11) is 0. The molecule has 1 fully saturated rings. The molecule has 3 N–H and O–H groups in total. The van der Waals surface area contributed by atoms with Crippen molar-refractivity contribution >= 4 is 23.3 Å². The van der Waals surface area contributed by atoms with Gasteiger partial charge < -0.3 is 25.6 Å². The number of likely N-dealkylation sites (tertiary alicyclic amines) is 1. The third-order valence-electron chi connectivity index (χ3n) is 5.66. The molecule has 4 rings (SSSR count). The standard InChI is InChI=1S/C27H30N4O3/c32-26(28-17-20-31-18-5-2-6-19-31)21-9-11-22(12-10-21)29-27(33)30-23-13-15-25(16-14-23)34-24-7-3-1-4-8-24/h1,3-4,7-16H,2,5-6,17-20H2,(H,28,32)(H2,29,30,33). The van der Waals surface area contributed by atoms with Crippen molar-refractivity contribution in [3.63, 3.8) is 0 Å². The van der Waals surface area contributed by atoms with Gasteiger partial charge in [-0.3, -0.25) is 4.79 Å². The minimum Gasteiger partial charge on any atom is -0.457 e. The number of hydrogen-bond acceptors (Lipinski definition) is 4. The number of rotatable bonds is 8. The molecule has 3 aromatic carbocycles. The van der Waals surface area contributed by atoms with Crippen molar-refractivity contribution in [1.82, 2.24) is 10.2 Å². The van der Waals surface area contributed by atoms with Gasteiger partial charge in [-0.2, -0.15) is 0 Å². The molecule has 0 atom stereocenters. The number of benzene rings is 3. The van der Waals surface area contributed by atoms with Crippen LogP contribution in [0.25, 0.3) is 0 Å². The highest BCUT2D eigenvalue weighted by Gasteiger charge is 2.11. The van der Waals surface area contributed by atoms with E-state index in [0.717, 1.165) is 25.4 Å². The van der Waals surface area contributed by atoms with Gasteiger partial charge >= 0.3 is 6.03 Å². The van der Waals surface area contributed by atoms with Crippen LogP contribution in [0.5, 0.6) is 11.5 Å². The Balaban J connectivity index is 1.21. The Kier molecular flexibility index (Phi) is 8.13. The van der Waals surface area contributed by atoms with E-state index >= 15 is 0 Å². The highest BCUT2D eigenvalue weighted by molar-refractivity contribution is 6.00. The Morgan fingerprint density at radius 3 is 1.97 bits per heavy atom. The van der Waals surface area contributed by atoms with Crippen molar-refractivity contribution in [3.05, 3.63) is 84.4 Å². The molecule has 0 aliphatic carbocycles. The van der Waals surface area contributed by atoms with Crippen molar-refractivity contribution in [3.8, 4) is 11.5 Å². The smallest absolute Gasteiger partial charge is 0.323 e. The van der Waals surface area contributed by atoms with Crippen LogP contribution in [0.2, 0.25) is 0 Å². The normalized spacial score (nSPS) is 13.6. The third-order valence-corrected chi connectivity index (χ3v) is 5.66. The van der Waals surface area contributed by atoms with E-state index in [0.29, 0.717) is 29.2 Å². The Labute approximate surface area is 200 Å². The van der Waals surface area contributed by atoms with Gasteiger partial charge in [-0.1, -0.05) is 24.6 Å². The molecule has 1 aliphatic heterocycles. The summed E-state index contributed by atoms with van der Waals surface area (Å²) in [5.74, 6) is 1.33. The first kappa shape index (κ1) is 23.3. The molecule has 0 radical (unpaired) electrons. The number of piperidine rings is 1. The number of amides is 3. The largest absolute Gasteiger partial charge is 0.457 e. The molecule has 1 saturated heterocycles. The van der Waals surface area contributed by atoms with Gasteiger partial charge in [0.25, 0.3) is 5.91 Å². The van der Waals surface area contributed by atoms with Crippen molar-refractivity contribution in [1.29, 1.82) is 0 Å². The van der Waals surface area contributed by atoms with Crippen LogP contribution < -0.4 is 20.7 Å². The molecule has 1 heterocycles. The van der Waals surface area contributed by atoms with Crippen LogP contribution in [0.3, 0.4) is 0 Å². The number of hydrogen-bond donors (Lipinski definition) is 3. The summed E-state index contributed by atoms with van der Waals surface area (Å²) in [6.45, 7) is 3.75. The SMILES string of the molecule is O=C(Nc1ccc(Oc2ccccc2)cc1)Nc1ccc(C(=O)NCCN2CCCCC2)cc1. The lowest BCUT2D eigenvalue weighted by Crippen LogP contribution is -2.37. The quantitative estimate of drug-likeness (QED) is 0.426. The van der Waals surface area contributed by atoms with Crippen LogP contribution in [-0.4, -0.2) is 43.0 Å². The van der Waals surface area contributed by atoms with E-state index in [1.54, 1.807) is 48.5 Å². The Morgan fingerprint density at radius 2 is 1.32 bits per heavy atom. The maximum atomic E-state index is 12.4. The topological polar surface area (TPSA) is 82.7 Å². The van der Waals surface area contributed by atoms with Gasteiger partial charge in [0, 0.05) is 30.0 Å². The van der Waals surface area contributed by atoms with Crippen molar-refractivity contribution < 1.29 is 14.3 Å². The van der Waals surface area contributed by atoms with E-state index in [1.807, 2.05) is 30.3 Å². The molecule has 34 heavy (non-hydrogen) atoms. The second-order valence-corrected chi connectivity index (χ2v) is 8.25. The number of para-hydroxylation sites is 1. The number of carbonyl (C=O) groups is 2. The molecule has 0 spiro atoms. The van der Waals surface area contributed by atoms with E-state index in [1.165, 1.54) is 19.3 Å². The molecule has 7 nitrogen and oxygen atoms in total. The van der Waals surface area contributed by atoms with Gasteiger partial charge in [0.1, 0.15) is 11.5 Å². The summed E-state index contributed by atoms with van der Waals surface area (Å²) in [6, 6.07) is 23.1. The maximum absolute atomic E-state index is 12.4. The number of anilines is 2. The zero-order valence-corrected chi connectivity index (χ0v) is 19.1. The Hall–Kier alpha value is -3.84. The lowest BCUT2D eigenvalue weighted by molar-refractivity contribution is 0.0946. The van der Waals surface area contributed by atoms with E-state index in [9.17, 15) is 9.59 Å². The molecule has 1 aliphatic rings. The highest BCUT2D eigenvalue weighted by atomic mass is 16.5. The fourth-order valence-electron chi connectivity index (χ4n) is 3.84. The van der Waals surface area contributed by atoms with E-state index in [2.05, 4.69) is 20.9 Å². The van der Waals surface area contributed by atoms with Gasteiger partial charge in [0.2, 0.25) is 0 Å². The summed E-state index contributed by atoms with van der Waals surface area (Å²) in [5, 5.41) is 8.53. The zero-order valence-electron chi connectivity index (χ0n) is 19.1. The van der Waals surface area contributed by atoms with Crippen molar-refractivity contribution in [2.75, 3.05) is 36.8 Å². The van der Waals surface area contributed by atoms with E-state index < -0.39 is 0 Å². The van der Waals surface area contributed by atoms with Crippen molar-refractivity contribution in [2.24, 2.45) is 0 Å². The average molecular weight is 459 g/mol. The molecule has 0 saturated carbocycles. The van der Waals surface area contributed by atoms with Crippen molar-refractivity contribution in [2.45, 2.75) is 19.3 Å². The molecule has 7 heteroatoms. The zero-order chi connectivity index (χ0) is 23.6. The Morgan fingerprint density at radius 1 is 0.735 bits per heavy atom. The maximum Gasteiger partial charge on any atom is 0.323 e. The van der Waals surface area contributed by atoms with Gasteiger partial charge in [-0.05, 0) is 86.6 Å².